The van der Waals surface area contributed by atoms with Gasteiger partial charge < -0.3 is 9.73 Å². The SMILES string of the molecule is Cc1n[nH]c(C)c1CNC(=O)c1c(C)oc(-n2cccc2)c1C#N. The maximum atomic E-state index is 12.6. The van der Waals surface area contributed by atoms with Crippen molar-refractivity contribution in [1.29, 1.82) is 5.26 Å². The second kappa shape index (κ2) is 6.08. The first-order valence-corrected chi connectivity index (χ1v) is 7.48. The van der Waals surface area contributed by atoms with Gasteiger partial charge in [0.1, 0.15) is 23.0 Å². The smallest absolute Gasteiger partial charge is 0.256 e. The highest BCUT2D eigenvalue weighted by Crippen LogP contribution is 2.25. The molecule has 2 N–H and O–H groups in total. The molecule has 3 aromatic heterocycles. The first-order valence-electron chi connectivity index (χ1n) is 7.48. The zero-order valence-corrected chi connectivity index (χ0v) is 13.7. The predicted octanol–water partition coefficient (Wildman–Crippen LogP) is 2.52. The number of hydrogen-bond acceptors (Lipinski definition) is 4. The van der Waals surface area contributed by atoms with Crippen LogP contribution in [0, 0.1) is 32.1 Å². The van der Waals surface area contributed by atoms with Crippen molar-refractivity contribution in [3.05, 3.63) is 58.4 Å². The molecule has 3 rings (SSSR count). The standard InChI is InChI=1S/C17H17N5O2/c1-10-14(11(2)21-20-10)9-19-16(23)15-12(3)24-17(13(15)8-18)22-6-4-5-7-22/h4-7H,9H2,1-3H3,(H,19,23)(H,20,21). The van der Waals surface area contributed by atoms with Crippen molar-refractivity contribution in [2.75, 3.05) is 0 Å². The molecule has 3 heterocycles. The molecule has 7 nitrogen and oxygen atoms in total. The van der Waals surface area contributed by atoms with Gasteiger partial charge >= 0.3 is 0 Å². The number of rotatable bonds is 4. The van der Waals surface area contributed by atoms with Crippen LogP contribution in [-0.2, 0) is 6.54 Å². The molecule has 0 aromatic carbocycles. The van der Waals surface area contributed by atoms with Crippen molar-refractivity contribution in [3.8, 4) is 12.0 Å². The Balaban J connectivity index is 1.89. The normalized spacial score (nSPS) is 10.6. The topological polar surface area (TPSA) is 99.6 Å². The number of carbonyl (C=O) groups excluding carboxylic acids is 1. The van der Waals surface area contributed by atoms with Crippen molar-refractivity contribution < 1.29 is 9.21 Å². The summed E-state index contributed by atoms with van der Waals surface area (Å²) in [6.45, 7) is 5.78. The van der Waals surface area contributed by atoms with Crippen LogP contribution >= 0.6 is 0 Å². The Morgan fingerprint density at radius 3 is 2.67 bits per heavy atom. The second-order valence-electron chi connectivity index (χ2n) is 5.51. The van der Waals surface area contributed by atoms with E-state index < -0.39 is 0 Å². The number of hydrogen-bond donors (Lipinski definition) is 2. The van der Waals surface area contributed by atoms with Crippen LogP contribution in [0.25, 0.3) is 5.88 Å². The molecule has 0 saturated heterocycles. The highest BCUT2D eigenvalue weighted by Gasteiger charge is 2.24. The summed E-state index contributed by atoms with van der Waals surface area (Å²) in [6.07, 6.45) is 3.53. The Hall–Kier alpha value is -3.27. The molecule has 0 aliphatic heterocycles. The van der Waals surface area contributed by atoms with Gasteiger partial charge in [-0.1, -0.05) is 0 Å². The van der Waals surface area contributed by atoms with Crippen molar-refractivity contribution >= 4 is 5.91 Å². The summed E-state index contributed by atoms with van der Waals surface area (Å²) in [6, 6.07) is 5.72. The number of amides is 1. The first-order chi connectivity index (χ1) is 11.5. The predicted molar refractivity (Wildman–Crippen MR) is 86.7 cm³/mol. The van der Waals surface area contributed by atoms with E-state index in [1.165, 1.54) is 0 Å². The van der Waals surface area contributed by atoms with Gasteiger partial charge in [-0.3, -0.25) is 14.5 Å². The van der Waals surface area contributed by atoms with E-state index in [4.69, 9.17) is 4.42 Å². The summed E-state index contributed by atoms with van der Waals surface area (Å²) in [4.78, 5) is 12.6. The van der Waals surface area contributed by atoms with E-state index in [1.807, 2.05) is 26.0 Å². The molecule has 0 atom stereocenters. The molecular weight excluding hydrogens is 306 g/mol. The third kappa shape index (κ3) is 2.58. The fourth-order valence-corrected chi connectivity index (χ4v) is 2.65. The fourth-order valence-electron chi connectivity index (χ4n) is 2.65. The highest BCUT2D eigenvalue weighted by molar-refractivity contribution is 5.98. The van der Waals surface area contributed by atoms with Crippen molar-refractivity contribution in [2.24, 2.45) is 0 Å². The molecule has 0 aliphatic rings. The monoisotopic (exact) mass is 323 g/mol. The lowest BCUT2D eigenvalue weighted by Gasteiger charge is -2.05. The quantitative estimate of drug-likeness (QED) is 0.770. The Kier molecular flexibility index (Phi) is 3.96. The number of carbonyl (C=O) groups is 1. The summed E-state index contributed by atoms with van der Waals surface area (Å²) in [5.41, 5.74) is 3.17. The molecule has 7 heteroatoms. The second-order valence-corrected chi connectivity index (χ2v) is 5.51. The Bertz CT molecular complexity index is 906. The van der Waals surface area contributed by atoms with Gasteiger partial charge in [-0.15, -0.1) is 0 Å². The number of nitrogens with zero attached hydrogens (tertiary/aromatic N) is 3. The molecule has 0 spiro atoms. The van der Waals surface area contributed by atoms with Crippen LogP contribution in [0.15, 0.2) is 28.9 Å². The van der Waals surface area contributed by atoms with E-state index >= 15 is 0 Å². The van der Waals surface area contributed by atoms with Gasteiger partial charge in [-0.05, 0) is 32.9 Å². The molecule has 0 bridgehead atoms. The Morgan fingerprint density at radius 1 is 1.38 bits per heavy atom. The maximum absolute atomic E-state index is 12.6. The molecular formula is C17H17N5O2. The van der Waals surface area contributed by atoms with Gasteiger partial charge in [0, 0.05) is 30.2 Å². The van der Waals surface area contributed by atoms with Crippen LogP contribution in [0.4, 0.5) is 0 Å². The van der Waals surface area contributed by atoms with Gasteiger partial charge in [-0.2, -0.15) is 10.4 Å². The zero-order chi connectivity index (χ0) is 17.3. The fraction of sp³-hybridized carbons (Fsp3) is 0.235. The lowest BCUT2D eigenvalue weighted by molar-refractivity contribution is 0.0949. The van der Waals surface area contributed by atoms with Crippen LogP contribution in [-0.4, -0.2) is 20.7 Å². The highest BCUT2D eigenvalue weighted by atomic mass is 16.4. The average Bonchev–Trinajstić information content (AvgIpc) is 3.25. The molecule has 0 fully saturated rings. The van der Waals surface area contributed by atoms with Crippen LogP contribution in [0.5, 0.6) is 0 Å². The van der Waals surface area contributed by atoms with Crippen molar-refractivity contribution in [3.63, 3.8) is 0 Å². The van der Waals surface area contributed by atoms with E-state index in [2.05, 4.69) is 21.6 Å². The molecule has 24 heavy (non-hydrogen) atoms. The van der Waals surface area contributed by atoms with E-state index in [0.717, 1.165) is 17.0 Å². The first kappa shape index (κ1) is 15.6. The van der Waals surface area contributed by atoms with Crippen LogP contribution in [0.2, 0.25) is 0 Å². The van der Waals surface area contributed by atoms with Crippen molar-refractivity contribution in [1.82, 2.24) is 20.1 Å². The number of furan rings is 1. The molecule has 1 amide bonds. The summed E-state index contributed by atoms with van der Waals surface area (Å²) in [5.74, 6) is 0.417. The van der Waals surface area contributed by atoms with Gasteiger partial charge in [0.2, 0.25) is 5.88 Å². The summed E-state index contributed by atoms with van der Waals surface area (Å²) in [7, 11) is 0. The number of nitrogens with one attached hydrogen (secondary N) is 2. The molecule has 0 saturated carbocycles. The number of nitriles is 1. The minimum absolute atomic E-state index is 0.224. The molecule has 0 aliphatic carbocycles. The van der Waals surface area contributed by atoms with Crippen LogP contribution in [0.1, 0.15) is 38.6 Å². The summed E-state index contributed by atoms with van der Waals surface area (Å²) in [5, 5.41) is 19.3. The number of aryl methyl sites for hydroxylation is 3. The Labute approximate surface area is 138 Å². The minimum Gasteiger partial charge on any atom is -0.443 e. The summed E-state index contributed by atoms with van der Waals surface area (Å²) >= 11 is 0. The number of H-pyrrole nitrogens is 1. The lowest BCUT2D eigenvalue weighted by atomic mass is 10.1. The van der Waals surface area contributed by atoms with E-state index in [0.29, 0.717) is 18.2 Å². The zero-order valence-electron chi connectivity index (χ0n) is 13.7. The van der Waals surface area contributed by atoms with Gasteiger partial charge in [-0.25, -0.2) is 0 Å². The van der Waals surface area contributed by atoms with Crippen molar-refractivity contribution in [2.45, 2.75) is 27.3 Å². The maximum Gasteiger partial charge on any atom is 0.256 e. The largest absolute Gasteiger partial charge is 0.443 e. The Morgan fingerprint density at radius 2 is 2.08 bits per heavy atom. The minimum atomic E-state index is -0.341. The van der Waals surface area contributed by atoms with Gasteiger partial charge in [0.05, 0.1) is 5.69 Å². The third-order valence-electron chi connectivity index (χ3n) is 3.95. The van der Waals surface area contributed by atoms with E-state index in [9.17, 15) is 10.1 Å². The molecule has 122 valence electrons. The van der Waals surface area contributed by atoms with E-state index in [1.54, 1.807) is 23.9 Å². The van der Waals surface area contributed by atoms with Gasteiger partial charge in [0.25, 0.3) is 5.91 Å². The summed E-state index contributed by atoms with van der Waals surface area (Å²) < 4.78 is 7.32. The molecule has 0 unspecified atom stereocenters. The van der Waals surface area contributed by atoms with E-state index in [-0.39, 0.29) is 17.0 Å². The lowest BCUT2D eigenvalue weighted by Crippen LogP contribution is -2.24. The number of aromatic amines is 1. The average molecular weight is 323 g/mol. The van der Waals surface area contributed by atoms with Crippen LogP contribution in [0.3, 0.4) is 0 Å². The van der Waals surface area contributed by atoms with Crippen LogP contribution < -0.4 is 5.32 Å². The molecule has 0 radical (unpaired) electrons. The van der Waals surface area contributed by atoms with Gasteiger partial charge in [0.15, 0.2) is 0 Å². The number of aromatic nitrogens is 3. The third-order valence-corrected chi connectivity index (χ3v) is 3.95. The molecule has 3 aromatic rings.